The number of amides is 1. The molecule has 0 aliphatic carbocycles. The minimum atomic E-state index is -0.805. The van der Waals surface area contributed by atoms with E-state index >= 15 is 0 Å². The highest BCUT2D eigenvalue weighted by Gasteiger charge is 2.08. The highest BCUT2D eigenvalue weighted by molar-refractivity contribution is 5.78. The molecule has 0 unspecified atom stereocenters. The molecule has 6 heteroatoms. The largest absolute Gasteiger partial charge is 0.481 e. The van der Waals surface area contributed by atoms with E-state index in [1.165, 1.54) is 0 Å². The molecule has 0 saturated heterocycles. The Morgan fingerprint density at radius 1 is 1.10 bits per heavy atom. The highest BCUT2D eigenvalue weighted by Crippen LogP contribution is 2.10. The number of hydrogen-bond donors (Lipinski definition) is 2. The van der Waals surface area contributed by atoms with Crippen molar-refractivity contribution >= 4 is 11.9 Å². The lowest BCUT2D eigenvalue weighted by atomic mass is 10.1. The van der Waals surface area contributed by atoms with Crippen molar-refractivity contribution in [2.24, 2.45) is 0 Å². The first-order valence-electron chi connectivity index (χ1n) is 6.91. The molecule has 0 aromatic heterocycles. The Bertz CT molecular complexity index is 492. The van der Waals surface area contributed by atoms with Gasteiger partial charge in [-0.15, -0.1) is 0 Å². The van der Waals surface area contributed by atoms with E-state index in [0.29, 0.717) is 13.0 Å². The van der Waals surface area contributed by atoms with Gasteiger partial charge in [0, 0.05) is 18.5 Å². The number of hydrogen-bond acceptors (Lipinski definition) is 2. The third kappa shape index (κ3) is 7.39. The van der Waals surface area contributed by atoms with Crippen LogP contribution in [0, 0.1) is 11.6 Å². The summed E-state index contributed by atoms with van der Waals surface area (Å²) < 4.78 is 26.3. The molecular weight excluding hydrogens is 280 g/mol. The Morgan fingerprint density at radius 2 is 1.81 bits per heavy atom. The molecule has 0 saturated carbocycles. The first kappa shape index (κ1) is 17.1. The molecule has 0 aliphatic rings. The summed E-state index contributed by atoms with van der Waals surface area (Å²) in [6.45, 7) is 0.447. The molecule has 0 bridgehead atoms. The molecule has 1 aromatic rings. The summed E-state index contributed by atoms with van der Waals surface area (Å²) in [5.41, 5.74) is 0.0361. The van der Waals surface area contributed by atoms with E-state index in [1.807, 2.05) is 0 Å². The van der Waals surface area contributed by atoms with Crippen LogP contribution in [-0.2, 0) is 16.0 Å². The molecule has 0 radical (unpaired) electrons. The summed E-state index contributed by atoms with van der Waals surface area (Å²) in [6.07, 6.45) is 2.94. The van der Waals surface area contributed by atoms with Crippen molar-refractivity contribution in [2.45, 2.75) is 38.5 Å². The zero-order valence-corrected chi connectivity index (χ0v) is 11.7. The van der Waals surface area contributed by atoms with Gasteiger partial charge in [0.05, 0.1) is 6.42 Å². The summed E-state index contributed by atoms with van der Waals surface area (Å²) in [5.74, 6) is -2.33. The van der Waals surface area contributed by atoms with Gasteiger partial charge in [-0.05, 0) is 31.0 Å². The molecule has 0 aliphatic heterocycles. The molecule has 4 nitrogen and oxygen atoms in total. The minimum absolute atomic E-state index is 0.0361. The average molecular weight is 299 g/mol. The Hall–Kier alpha value is -1.98. The fraction of sp³-hybridized carbons (Fsp3) is 0.467. The van der Waals surface area contributed by atoms with Gasteiger partial charge in [-0.25, -0.2) is 8.78 Å². The lowest BCUT2D eigenvalue weighted by Crippen LogP contribution is -2.26. The quantitative estimate of drug-likeness (QED) is 0.689. The van der Waals surface area contributed by atoms with E-state index < -0.39 is 17.6 Å². The first-order chi connectivity index (χ1) is 9.99. The SMILES string of the molecule is O=C(O)CCCCCCNC(=O)Cc1cc(F)ccc1F. The summed E-state index contributed by atoms with van der Waals surface area (Å²) in [4.78, 5) is 21.9. The van der Waals surface area contributed by atoms with E-state index in [4.69, 9.17) is 5.11 Å². The van der Waals surface area contributed by atoms with Gasteiger partial charge in [-0.2, -0.15) is 0 Å². The summed E-state index contributed by atoms with van der Waals surface area (Å²) >= 11 is 0. The molecule has 2 N–H and O–H groups in total. The van der Waals surface area contributed by atoms with Crippen LogP contribution in [-0.4, -0.2) is 23.5 Å². The molecule has 0 spiro atoms. The normalized spacial score (nSPS) is 10.4. The monoisotopic (exact) mass is 299 g/mol. The summed E-state index contributed by atoms with van der Waals surface area (Å²) in [6, 6.07) is 3.02. The fourth-order valence-electron chi connectivity index (χ4n) is 1.90. The van der Waals surface area contributed by atoms with Crippen molar-refractivity contribution in [3.05, 3.63) is 35.4 Å². The Labute approximate surface area is 122 Å². The van der Waals surface area contributed by atoms with Crippen molar-refractivity contribution in [3.8, 4) is 0 Å². The van der Waals surface area contributed by atoms with Crippen molar-refractivity contribution in [2.75, 3.05) is 6.54 Å². The second-order valence-electron chi connectivity index (χ2n) is 4.82. The van der Waals surface area contributed by atoms with Crippen LogP contribution in [0.1, 0.15) is 37.7 Å². The molecule has 0 atom stereocenters. The van der Waals surface area contributed by atoms with Crippen molar-refractivity contribution in [1.29, 1.82) is 0 Å². The van der Waals surface area contributed by atoms with Gasteiger partial charge in [-0.1, -0.05) is 12.8 Å². The lowest BCUT2D eigenvalue weighted by Gasteiger charge is -2.06. The predicted molar refractivity (Wildman–Crippen MR) is 73.8 cm³/mol. The maximum Gasteiger partial charge on any atom is 0.303 e. The van der Waals surface area contributed by atoms with Crippen LogP contribution in [0.15, 0.2) is 18.2 Å². The van der Waals surface area contributed by atoms with Gasteiger partial charge in [0.1, 0.15) is 11.6 Å². The number of carboxylic acids is 1. The third-order valence-electron chi connectivity index (χ3n) is 3.00. The van der Waals surface area contributed by atoms with Gasteiger partial charge >= 0.3 is 5.97 Å². The Balaban J connectivity index is 2.17. The van der Waals surface area contributed by atoms with Crippen LogP contribution < -0.4 is 5.32 Å². The summed E-state index contributed by atoms with van der Waals surface area (Å²) in [7, 11) is 0. The second kappa shape index (κ2) is 9.05. The van der Waals surface area contributed by atoms with E-state index in [-0.39, 0.29) is 24.3 Å². The van der Waals surface area contributed by atoms with Crippen molar-refractivity contribution in [1.82, 2.24) is 5.32 Å². The molecule has 1 amide bonds. The number of rotatable bonds is 9. The Kier molecular flexibility index (Phi) is 7.36. The van der Waals surface area contributed by atoms with Crippen molar-refractivity contribution < 1.29 is 23.5 Å². The maximum absolute atomic E-state index is 13.3. The third-order valence-corrected chi connectivity index (χ3v) is 3.00. The van der Waals surface area contributed by atoms with Gasteiger partial charge in [0.2, 0.25) is 5.91 Å². The number of benzene rings is 1. The van der Waals surface area contributed by atoms with Gasteiger partial charge in [0.25, 0.3) is 0 Å². The smallest absolute Gasteiger partial charge is 0.303 e. The second-order valence-corrected chi connectivity index (χ2v) is 4.82. The number of halogens is 2. The van der Waals surface area contributed by atoms with Gasteiger partial charge in [-0.3, -0.25) is 9.59 Å². The number of carbonyl (C=O) groups excluding carboxylic acids is 1. The zero-order chi connectivity index (χ0) is 15.7. The topological polar surface area (TPSA) is 66.4 Å². The van der Waals surface area contributed by atoms with E-state index in [0.717, 1.165) is 37.5 Å². The zero-order valence-electron chi connectivity index (χ0n) is 11.7. The molecule has 0 heterocycles. The molecule has 21 heavy (non-hydrogen) atoms. The van der Waals surface area contributed by atoms with Crippen LogP contribution in [0.5, 0.6) is 0 Å². The molecule has 1 rings (SSSR count). The highest BCUT2D eigenvalue weighted by atomic mass is 19.1. The van der Waals surface area contributed by atoms with E-state index in [1.54, 1.807) is 0 Å². The lowest BCUT2D eigenvalue weighted by molar-refractivity contribution is -0.137. The number of carboxylic acid groups (broad SMARTS) is 1. The van der Waals surface area contributed by atoms with Crippen LogP contribution in [0.25, 0.3) is 0 Å². The predicted octanol–water partition coefficient (Wildman–Crippen LogP) is 2.66. The molecular formula is C15H19F2NO3. The first-order valence-corrected chi connectivity index (χ1v) is 6.91. The average Bonchev–Trinajstić information content (AvgIpc) is 2.41. The standard InChI is InChI=1S/C15H19F2NO3/c16-12-6-7-13(17)11(9-12)10-14(19)18-8-4-2-1-3-5-15(20)21/h6-7,9H,1-5,8,10H2,(H,18,19)(H,20,21). The Morgan fingerprint density at radius 3 is 2.52 bits per heavy atom. The fourth-order valence-corrected chi connectivity index (χ4v) is 1.90. The van der Waals surface area contributed by atoms with Crippen LogP contribution in [0.2, 0.25) is 0 Å². The van der Waals surface area contributed by atoms with E-state index in [2.05, 4.69) is 5.32 Å². The number of unbranched alkanes of at least 4 members (excludes halogenated alkanes) is 3. The van der Waals surface area contributed by atoms with Crippen LogP contribution in [0.4, 0.5) is 8.78 Å². The minimum Gasteiger partial charge on any atom is -0.481 e. The molecule has 1 aromatic carbocycles. The number of nitrogens with one attached hydrogen (secondary N) is 1. The van der Waals surface area contributed by atoms with Crippen molar-refractivity contribution in [3.63, 3.8) is 0 Å². The molecule has 0 fully saturated rings. The van der Waals surface area contributed by atoms with Gasteiger partial charge in [0.15, 0.2) is 0 Å². The van der Waals surface area contributed by atoms with Crippen LogP contribution >= 0.6 is 0 Å². The maximum atomic E-state index is 13.3. The number of carbonyl (C=O) groups is 2. The number of aliphatic carboxylic acids is 1. The van der Waals surface area contributed by atoms with E-state index in [9.17, 15) is 18.4 Å². The summed E-state index contributed by atoms with van der Waals surface area (Å²) in [5, 5.41) is 11.1. The molecule has 116 valence electrons. The van der Waals surface area contributed by atoms with Gasteiger partial charge < -0.3 is 10.4 Å². The van der Waals surface area contributed by atoms with Crippen LogP contribution in [0.3, 0.4) is 0 Å².